The molecule has 2 aromatic rings. The monoisotopic (exact) mass is 341 g/mol. The first-order chi connectivity index (χ1) is 11.9. The summed E-state index contributed by atoms with van der Waals surface area (Å²) in [5, 5.41) is 11.0. The normalized spacial score (nSPS) is 13.2. The average Bonchev–Trinajstić information content (AvgIpc) is 2.82. The molecule has 1 aliphatic rings. The van der Waals surface area contributed by atoms with Crippen LogP contribution < -0.4 is 5.56 Å². The Hall–Kier alpha value is -3.29. The van der Waals surface area contributed by atoms with Crippen molar-refractivity contribution < 1.29 is 14.5 Å². The molecular formula is C17H15N3O5. The van der Waals surface area contributed by atoms with Gasteiger partial charge < -0.3 is 4.57 Å². The zero-order valence-corrected chi connectivity index (χ0v) is 13.5. The highest BCUT2D eigenvalue weighted by Gasteiger charge is 2.34. The van der Waals surface area contributed by atoms with Crippen LogP contribution in [0, 0.1) is 17.0 Å². The van der Waals surface area contributed by atoms with Crippen molar-refractivity contribution in [1.29, 1.82) is 0 Å². The van der Waals surface area contributed by atoms with Gasteiger partial charge in [0, 0.05) is 25.2 Å². The second-order valence-corrected chi connectivity index (χ2v) is 5.71. The zero-order valence-electron chi connectivity index (χ0n) is 13.5. The average molecular weight is 341 g/mol. The zero-order chi connectivity index (χ0) is 18.1. The third-order valence-corrected chi connectivity index (χ3v) is 4.26. The number of carbonyl (C=O) groups is 2. The van der Waals surface area contributed by atoms with Crippen molar-refractivity contribution >= 4 is 17.5 Å². The Bertz CT molecular complexity index is 913. The standard InChI is InChI=1S/C17H15N3O5/c1-11-14(20(24)25)7-8-15(21)18(11)9-4-10-19-16(22)12-5-2-3-6-13(12)17(19)23/h2-3,5-8H,4,9-10H2,1H3. The molecule has 2 amide bonds. The Morgan fingerprint density at radius 2 is 1.56 bits per heavy atom. The molecule has 0 saturated carbocycles. The van der Waals surface area contributed by atoms with Gasteiger partial charge in [-0.15, -0.1) is 0 Å². The van der Waals surface area contributed by atoms with Crippen LogP contribution in [0.15, 0.2) is 41.2 Å². The molecule has 0 bridgehead atoms. The fourth-order valence-electron chi connectivity index (χ4n) is 2.96. The Morgan fingerprint density at radius 1 is 0.960 bits per heavy atom. The highest BCUT2D eigenvalue weighted by molar-refractivity contribution is 6.21. The lowest BCUT2D eigenvalue weighted by atomic mass is 10.1. The van der Waals surface area contributed by atoms with Crippen LogP contribution in [-0.4, -0.2) is 32.7 Å². The number of hydrogen-bond acceptors (Lipinski definition) is 5. The fourth-order valence-corrected chi connectivity index (χ4v) is 2.96. The number of amides is 2. The van der Waals surface area contributed by atoms with Gasteiger partial charge in [-0.05, 0) is 25.5 Å². The molecule has 0 fully saturated rings. The minimum Gasteiger partial charge on any atom is -0.306 e. The van der Waals surface area contributed by atoms with E-state index in [0.29, 0.717) is 17.5 Å². The fraction of sp³-hybridized carbons (Fsp3) is 0.235. The van der Waals surface area contributed by atoms with Gasteiger partial charge >= 0.3 is 0 Å². The van der Waals surface area contributed by atoms with Crippen molar-refractivity contribution in [2.45, 2.75) is 19.9 Å². The number of nitrogens with zero attached hydrogens (tertiary/aromatic N) is 3. The van der Waals surface area contributed by atoms with E-state index in [2.05, 4.69) is 0 Å². The van der Waals surface area contributed by atoms with E-state index in [4.69, 9.17) is 0 Å². The van der Waals surface area contributed by atoms with E-state index in [0.717, 1.165) is 11.0 Å². The molecule has 3 rings (SSSR count). The number of pyridine rings is 1. The van der Waals surface area contributed by atoms with Crippen LogP contribution in [0.2, 0.25) is 0 Å². The lowest BCUT2D eigenvalue weighted by molar-refractivity contribution is -0.386. The van der Waals surface area contributed by atoms with Gasteiger partial charge in [-0.2, -0.15) is 0 Å². The molecule has 2 heterocycles. The number of carbonyl (C=O) groups excluding carboxylic acids is 2. The molecule has 1 aromatic heterocycles. The number of rotatable bonds is 5. The highest BCUT2D eigenvalue weighted by Crippen LogP contribution is 2.22. The summed E-state index contributed by atoms with van der Waals surface area (Å²) >= 11 is 0. The van der Waals surface area contributed by atoms with Crippen LogP contribution >= 0.6 is 0 Å². The van der Waals surface area contributed by atoms with Crippen molar-refractivity contribution in [3.8, 4) is 0 Å². The first-order valence-corrected chi connectivity index (χ1v) is 7.72. The molecule has 25 heavy (non-hydrogen) atoms. The van der Waals surface area contributed by atoms with Crippen molar-refractivity contribution in [1.82, 2.24) is 9.47 Å². The Balaban J connectivity index is 1.74. The second kappa shape index (κ2) is 6.31. The van der Waals surface area contributed by atoms with Gasteiger partial charge in [0.15, 0.2) is 0 Å². The lowest BCUT2D eigenvalue weighted by Crippen LogP contribution is -2.32. The van der Waals surface area contributed by atoms with Crippen LogP contribution in [0.3, 0.4) is 0 Å². The number of aromatic nitrogens is 1. The van der Waals surface area contributed by atoms with Gasteiger partial charge in [-0.3, -0.25) is 29.4 Å². The first kappa shape index (κ1) is 16.6. The van der Waals surface area contributed by atoms with Crippen molar-refractivity contribution in [3.05, 3.63) is 73.7 Å². The molecule has 0 N–H and O–H groups in total. The highest BCUT2D eigenvalue weighted by atomic mass is 16.6. The summed E-state index contributed by atoms with van der Waals surface area (Å²) in [4.78, 5) is 48.1. The largest absolute Gasteiger partial charge is 0.306 e. The van der Waals surface area contributed by atoms with Gasteiger partial charge in [-0.1, -0.05) is 12.1 Å². The van der Waals surface area contributed by atoms with Crippen LogP contribution in [0.4, 0.5) is 5.69 Å². The Kier molecular flexibility index (Phi) is 4.18. The third-order valence-electron chi connectivity index (χ3n) is 4.26. The van der Waals surface area contributed by atoms with Gasteiger partial charge in [0.05, 0.1) is 21.7 Å². The van der Waals surface area contributed by atoms with E-state index in [1.165, 1.54) is 17.6 Å². The summed E-state index contributed by atoms with van der Waals surface area (Å²) in [6.07, 6.45) is 0.327. The summed E-state index contributed by atoms with van der Waals surface area (Å²) in [6.45, 7) is 1.82. The maximum Gasteiger partial charge on any atom is 0.288 e. The summed E-state index contributed by atoms with van der Waals surface area (Å²) < 4.78 is 1.29. The summed E-state index contributed by atoms with van der Waals surface area (Å²) in [7, 11) is 0. The molecule has 1 aliphatic heterocycles. The molecule has 0 radical (unpaired) electrons. The molecule has 0 saturated heterocycles. The second-order valence-electron chi connectivity index (χ2n) is 5.71. The van der Waals surface area contributed by atoms with E-state index in [-0.39, 0.29) is 41.8 Å². The Labute approximate surface area is 142 Å². The predicted molar refractivity (Wildman–Crippen MR) is 88.5 cm³/mol. The third kappa shape index (κ3) is 2.82. The number of benzene rings is 1. The molecule has 1 aromatic carbocycles. The smallest absolute Gasteiger partial charge is 0.288 e. The maximum absolute atomic E-state index is 12.3. The van der Waals surface area contributed by atoms with E-state index in [9.17, 15) is 24.5 Å². The first-order valence-electron chi connectivity index (χ1n) is 7.72. The molecule has 0 atom stereocenters. The van der Waals surface area contributed by atoms with Gasteiger partial charge in [0.25, 0.3) is 23.1 Å². The summed E-state index contributed by atoms with van der Waals surface area (Å²) in [6, 6.07) is 8.92. The van der Waals surface area contributed by atoms with Crippen molar-refractivity contribution in [2.24, 2.45) is 0 Å². The minimum absolute atomic E-state index is 0.139. The maximum atomic E-state index is 12.3. The van der Waals surface area contributed by atoms with E-state index >= 15 is 0 Å². The van der Waals surface area contributed by atoms with Crippen molar-refractivity contribution in [3.63, 3.8) is 0 Å². The Morgan fingerprint density at radius 3 is 2.12 bits per heavy atom. The van der Waals surface area contributed by atoms with Crippen LogP contribution in [-0.2, 0) is 6.54 Å². The number of fused-ring (bicyclic) bond motifs is 1. The van der Waals surface area contributed by atoms with Gasteiger partial charge in [0.2, 0.25) is 0 Å². The van der Waals surface area contributed by atoms with Gasteiger partial charge in [-0.25, -0.2) is 0 Å². The molecule has 0 unspecified atom stereocenters. The molecule has 8 nitrogen and oxygen atoms in total. The minimum atomic E-state index is -0.546. The number of hydrogen-bond donors (Lipinski definition) is 0. The van der Waals surface area contributed by atoms with Crippen LogP contribution in [0.5, 0.6) is 0 Å². The van der Waals surface area contributed by atoms with Crippen LogP contribution in [0.25, 0.3) is 0 Å². The summed E-state index contributed by atoms with van der Waals surface area (Å²) in [5.74, 6) is -0.715. The van der Waals surface area contributed by atoms with E-state index < -0.39 is 4.92 Å². The quantitative estimate of drug-likeness (QED) is 0.468. The van der Waals surface area contributed by atoms with E-state index in [1.807, 2.05) is 0 Å². The molecule has 128 valence electrons. The van der Waals surface area contributed by atoms with E-state index in [1.54, 1.807) is 24.3 Å². The van der Waals surface area contributed by atoms with Crippen LogP contribution in [0.1, 0.15) is 32.8 Å². The number of imide groups is 1. The molecule has 0 aliphatic carbocycles. The molecular weight excluding hydrogens is 326 g/mol. The number of nitro groups is 1. The molecule has 0 spiro atoms. The lowest BCUT2D eigenvalue weighted by Gasteiger charge is -2.15. The SMILES string of the molecule is Cc1c([N+](=O)[O-])ccc(=O)n1CCCN1C(=O)c2ccccc2C1=O. The topological polar surface area (TPSA) is 103 Å². The van der Waals surface area contributed by atoms with Gasteiger partial charge in [0.1, 0.15) is 0 Å². The predicted octanol–water partition coefficient (Wildman–Crippen LogP) is 1.75. The van der Waals surface area contributed by atoms with Crippen molar-refractivity contribution in [2.75, 3.05) is 6.54 Å². The molecule has 8 heteroatoms. The summed E-state index contributed by atoms with van der Waals surface area (Å²) in [5.41, 5.74) is 0.498.